The van der Waals surface area contributed by atoms with Crippen LogP contribution < -0.4 is 15.5 Å². The van der Waals surface area contributed by atoms with E-state index >= 15 is 0 Å². The standard InChI is InChI=1S/C28H34BrFN6O3S/c1-27(2,3)39-26(38)36-12-10-35(11-13-36)23-21(30)14-18(15-31-23)16-32-24(37)34-25-33-22(17-40-25)28(4,5)19-6-8-20(29)9-7-19/h6-9,14-15,17H,10-13,16H2,1-5H3,(H2,32,33,34,37). The highest BCUT2D eigenvalue weighted by Gasteiger charge is 2.28. The zero-order chi connectivity index (χ0) is 29.1. The van der Waals surface area contributed by atoms with Gasteiger partial charge in [-0.15, -0.1) is 11.3 Å². The minimum absolute atomic E-state index is 0.102. The molecule has 1 aliphatic rings. The number of aromatic nitrogens is 2. The van der Waals surface area contributed by atoms with Gasteiger partial charge in [-0.05, 0) is 50.1 Å². The van der Waals surface area contributed by atoms with Crippen LogP contribution in [0.5, 0.6) is 0 Å². The molecule has 4 rings (SSSR count). The Morgan fingerprint density at radius 2 is 1.77 bits per heavy atom. The lowest BCUT2D eigenvalue weighted by Gasteiger charge is -2.36. The zero-order valence-electron chi connectivity index (χ0n) is 23.3. The van der Waals surface area contributed by atoms with E-state index in [-0.39, 0.29) is 23.9 Å². The summed E-state index contributed by atoms with van der Waals surface area (Å²) in [6.45, 7) is 11.5. The lowest BCUT2D eigenvalue weighted by atomic mass is 9.82. The number of piperazine rings is 1. The average molecular weight is 634 g/mol. The Bertz CT molecular complexity index is 1350. The van der Waals surface area contributed by atoms with Crippen LogP contribution >= 0.6 is 27.3 Å². The highest BCUT2D eigenvalue weighted by atomic mass is 79.9. The first-order chi connectivity index (χ1) is 18.8. The number of halogens is 2. The van der Waals surface area contributed by atoms with Gasteiger partial charge in [0.1, 0.15) is 5.60 Å². The molecule has 3 heterocycles. The quantitative estimate of drug-likeness (QED) is 0.338. The van der Waals surface area contributed by atoms with Crippen molar-refractivity contribution in [3.05, 3.63) is 69.0 Å². The van der Waals surface area contributed by atoms with Crippen LogP contribution in [0.2, 0.25) is 0 Å². The first kappa shape index (κ1) is 29.7. The maximum atomic E-state index is 14.9. The van der Waals surface area contributed by atoms with Crippen molar-refractivity contribution >= 4 is 50.3 Å². The summed E-state index contributed by atoms with van der Waals surface area (Å²) in [5, 5.41) is 7.89. The molecule has 2 aromatic heterocycles. The summed E-state index contributed by atoms with van der Waals surface area (Å²) in [6, 6.07) is 9.01. The van der Waals surface area contributed by atoms with Gasteiger partial charge in [0, 0.05) is 54.2 Å². The van der Waals surface area contributed by atoms with Crippen LogP contribution in [0.1, 0.15) is 51.4 Å². The van der Waals surface area contributed by atoms with Crippen LogP contribution in [0.4, 0.5) is 24.9 Å². The number of thiazole rings is 1. The number of anilines is 2. The molecule has 40 heavy (non-hydrogen) atoms. The molecule has 1 aliphatic heterocycles. The summed E-state index contributed by atoms with van der Waals surface area (Å²) in [5.74, 6) is -0.258. The van der Waals surface area contributed by atoms with Crippen molar-refractivity contribution in [2.75, 3.05) is 36.4 Å². The topological polar surface area (TPSA) is 99.7 Å². The fraction of sp³-hybridized carbons (Fsp3) is 0.429. The van der Waals surface area contributed by atoms with Gasteiger partial charge in [-0.3, -0.25) is 5.32 Å². The van der Waals surface area contributed by atoms with Crippen molar-refractivity contribution in [3.8, 4) is 0 Å². The molecule has 0 bridgehead atoms. The van der Waals surface area contributed by atoms with Gasteiger partial charge in [0.25, 0.3) is 0 Å². The Morgan fingerprint density at radius 3 is 2.40 bits per heavy atom. The van der Waals surface area contributed by atoms with E-state index in [9.17, 15) is 14.0 Å². The molecule has 214 valence electrons. The molecule has 0 atom stereocenters. The number of ether oxygens (including phenoxy) is 1. The monoisotopic (exact) mass is 632 g/mol. The number of pyridine rings is 1. The summed E-state index contributed by atoms with van der Waals surface area (Å²) in [7, 11) is 0. The smallest absolute Gasteiger partial charge is 0.410 e. The fourth-order valence-corrected chi connectivity index (χ4v) is 5.32. The largest absolute Gasteiger partial charge is 0.444 e. The number of carbonyl (C=O) groups is 2. The SMILES string of the molecule is CC(C)(C)OC(=O)N1CCN(c2ncc(CNC(=O)Nc3nc(C(C)(C)c4ccc(Br)cc4)cs3)cc2F)CC1. The van der Waals surface area contributed by atoms with Crippen molar-refractivity contribution in [2.45, 2.75) is 52.2 Å². The van der Waals surface area contributed by atoms with Crippen LogP contribution in [0.3, 0.4) is 0 Å². The van der Waals surface area contributed by atoms with Crippen molar-refractivity contribution in [1.29, 1.82) is 0 Å². The third-order valence-electron chi connectivity index (χ3n) is 6.49. The minimum atomic E-state index is -0.566. The summed E-state index contributed by atoms with van der Waals surface area (Å²) in [4.78, 5) is 37.1. The Balaban J connectivity index is 1.28. The van der Waals surface area contributed by atoms with Crippen LogP contribution in [-0.4, -0.2) is 58.8 Å². The summed E-state index contributed by atoms with van der Waals surface area (Å²) < 4.78 is 21.3. The summed E-state index contributed by atoms with van der Waals surface area (Å²) in [6.07, 6.45) is 1.17. The predicted octanol–water partition coefficient (Wildman–Crippen LogP) is 6.14. The lowest BCUT2D eigenvalue weighted by Crippen LogP contribution is -2.50. The van der Waals surface area contributed by atoms with Gasteiger partial charge in [-0.2, -0.15) is 0 Å². The van der Waals surface area contributed by atoms with E-state index in [0.717, 1.165) is 15.7 Å². The highest BCUT2D eigenvalue weighted by molar-refractivity contribution is 9.10. The van der Waals surface area contributed by atoms with Gasteiger partial charge >= 0.3 is 12.1 Å². The second-order valence-electron chi connectivity index (χ2n) is 11.1. The van der Waals surface area contributed by atoms with Crippen molar-refractivity contribution in [2.24, 2.45) is 0 Å². The molecular formula is C28H34BrFN6O3S. The van der Waals surface area contributed by atoms with Gasteiger partial charge in [-0.1, -0.05) is 41.9 Å². The van der Waals surface area contributed by atoms with Crippen molar-refractivity contribution in [3.63, 3.8) is 0 Å². The number of hydrogen-bond donors (Lipinski definition) is 2. The van der Waals surface area contributed by atoms with Crippen LogP contribution in [0.25, 0.3) is 0 Å². The first-order valence-electron chi connectivity index (χ1n) is 13.0. The molecule has 0 aliphatic carbocycles. The number of urea groups is 1. The van der Waals surface area contributed by atoms with Gasteiger partial charge in [0.15, 0.2) is 16.8 Å². The maximum Gasteiger partial charge on any atom is 0.410 e. The van der Waals surface area contributed by atoms with E-state index in [4.69, 9.17) is 4.74 Å². The molecule has 12 heteroatoms. The van der Waals surface area contributed by atoms with Gasteiger partial charge < -0.3 is 19.9 Å². The normalized spacial score (nSPS) is 14.2. The number of amides is 3. The minimum Gasteiger partial charge on any atom is -0.444 e. The van der Waals surface area contributed by atoms with Gasteiger partial charge in [0.05, 0.1) is 5.69 Å². The van der Waals surface area contributed by atoms with Crippen molar-refractivity contribution < 1.29 is 18.7 Å². The van der Waals surface area contributed by atoms with Crippen LogP contribution in [-0.2, 0) is 16.7 Å². The molecule has 1 fully saturated rings. The van der Waals surface area contributed by atoms with E-state index in [2.05, 4.69) is 50.4 Å². The zero-order valence-corrected chi connectivity index (χ0v) is 25.7. The van der Waals surface area contributed by atoms with E-state index in [1.807, 2.05) is 50.4 Å². The number of nitrogens with one attached hydrogen (secondary N) is 2. The van der Waals surface area contributed by atoms with E-state index in [1.54, 1.807) is 16.0 Å². The molecule has 3 aromatic rings. The average Bonchev–Trinajstić information content (AvgIpc) is 3.36. The molecule has 0 saturated carbocycles. The molecule has 2 N–H and O–H groups in total. The molecule has 3 amide bonds. The Hall–Kier alpha value is -3.25. The lowest BCUT2D eigenvalue weighted by molar-refractivity contribution is 0.0240. The number of rotatable bonds is 6. The third kappa shape index (κ3) is 7.48. The van der Waals surface area contributed by atoms with Gasteiger partial charge in [0.2, 0.25) is 0 Å². The molecule has 1 saturated heterocycles. The number of hydrogen-bond acceptors (Lipinski definition) is 7. The molecule has 9 nitrogen and oxygen atoms in total. The van der Waals surface area contributed by atoms with Gasteiger partial charge in [-0.25, -0.2) is 23.9 Å². The van der Waals surface area contributed by atoms with Crippen LogP contribution in [0, 0.1) is 5.82 Å². The number of nitrogens with zero attached hydrogens (tertiary/aromatic N) is 4. The summed E-state index contributed by atoms with van der Waals surface area (Å²) >= 11 is 4.81. The number of carbonyl (C=O) groups excluding carboxylic acids is 2. The fourth-order valence-electron chi connectivity index (χ4n) is 4.18. The molecule has 1 aromatic carbocycles. The Morgan fingerprint density at radius 1 is 1.10 bits per heavy atom. The predicted molar refractivity (Wildman–Crippen MR) is 158 cm³/mol. The molecule has 0 radical (unpaired) electrons. The van der Waals surface area contributed by atoms with E-state index < -0.39 is 17.4 Å². The molecular weight excluding hydrogens is 599 g/mol. The third-order valence-corrected chi connectivity index (χ3v) is 7.78. The van der Waals surface area contributed by atoms with Crippen molar-refractivity contribution in [1.82, 2.24) is 20.2 Å². The Kier molecular flexibility index (Phi) is 8.99. The highest BCUT2D eigenvalue weighted by Crippen LogP contribution is 2.34. The van der Waals surface area contributed by atoms with E-state index in [0.29, 0.717) is 36.9 Å². The molecule has 0 unspecified atom stereocenters. The molecule has 0 spiro atoms. The van der Waals surface area contributed by atoms with Crippen LogP contribution in [0.15, 0.2) is 46.4 Å². The second-order valence-corrected chi connectivity index (χ2v) is 12.9. The second kappa shape index (κ2) is 12.1. The first-order valence-corrected chi connectivity index (χ1v) is 14.6. The Labute approximate surface area is 246 Å². The summed E-state index contributed by atoms with van der Waals surface area (Å²) in [5.41, 5.74) is 1.59. The maximum absolute atomic E-state index is 14.9. The number of benzene rings is 1. The van der Waals surface area contributed by atoms with E-state index in [1.165, 1.54) is 17.4 Å².